The van der Waals surface area contributed by atoms with Crippen LogP contribution in [0.4, 0.5) is 11.6 Å². The van der Waals surface area contributed by atoms with Gasteiger partial charge in [0.15, 0.2) is 0 Å². The molecule has 0 aliphatic heterocycles. The highest BCUT2D eigenvalue weighted by atomic mass is 79.9. The van der Waals surface area contributed by atoms with Crippen molar-refractivity contribution in [2.75, 3.05) is 5.32 Å². The molecule has 1 aromatic carbocycles. The van der Waals surface area contributed by atoms with Crippen molar-refractivity contribution < 1.29 is 0 Å². The summed E-state index contributed by atoms with van der Waals surface area (Å²) in [6, 6.07) is 4.53. The van der Waals surface area contributed by atoms with E-state index in [1.165, 1.54) is 32.1 Å². The SMILES string of the molecule is Cc1cc(Br)c(Nc2nccn2C2CCCCC2)cc1Cl. The molecule has 0 amide bonds. The lowest BCUT2D eigenvalue weighted by Gasteiger charge is -2.25. The van der Waals surface area contributed by atoms with Crippen LogP contribution in [-0.2, 0) is 0 Å². The molecule has 1 aromatic heterocycles. The van der Waals surface area contributed by atoms with Crippen LogP contribution in [0.3, 0.4) is 0 Å². The summed E-state index contributed by atoms with van der Waals surface area (Å²) in [6.07, 6.45) is 10.4. The molecule has 1 saturated carbocycles. The number of anilines is 2. The Morgan fingerprint density at radius 3 is 2.81 bits per heavy atom. The van der Waals surface area contributed by atoms with E-state index in [2.05, 4.69) is 37.0 Å². The van der Waals surface area contributed by atoms with Gasteiger partial charge in [-0.15, -0.1) is 0 Å². The molecule has 0 unspecified atom stereocenters. The van der Waals surface area contributed by atoms with E-state index in [1.54, 1.807) is 0 Å². The van der Waals surface area contributed by atoms with Crippen LogP contribution in [0.25, 0.3) is 0 Å². The molecule has 0 spiro atoms. The third kappa shape index (κ3) is 3.27. The first kappa shape index (κ1) is 14.9. The van der Waals surface area contributed by atoms with Gasteiger partial charge in [0, 0.05) is 27.9 Å². The normalized spacial score (nSPS) is 16.1. The minimum Gasteiger partial charge on any atom is -0.325 e. The van der Waals surface area contributed by atoms with Crippen LogP contribution in [0.2, 0.25) is 5.02 Å². The van der Waals surface area contributed by atoms with Gasteiger partial charge in [-0.1, -0.05) is 30.9 Å². The van der Waals surface area contributed by atoms with E-state index in [4.69, 9.17) is 11.6 Å². The largest absolute Gasteiger partial charge is 0.325 e. The number of aromatic nitrogens is 2. The Hall–Kier alpha value is -1.00. The first-order valence-electron chi connectivity index (χ1n) is 7.40. The Morgan fingerprint density at radius 2 is 2.05 bits per heavy atom. The number of hydrogen-bond donors (Lipinski definition) is 1. The van der Waals surface area contributed by atoms with Crippen molar-refractivity contribution in [3.8, 4) is 0 Å². The van der Waals surface area contributed by atoms with Crippen LogP contribution in [0.5, 0.6) is 0 Å². The number of imidazole rings is 1. The maximum absolute atomic E-state index is 6.23. The smallest absolute Gasteiger partial charge is 0.207 e. The molecule has 0 atom stereocenters. The van der Waals surface area contributed by atoms with Crippen molar-refractivity contribution in [3.63, 3.8) is 0 Å². The van der Waals surface area contributed by atoms with E-state index in [0.717, 1.165) is 26.7 Å². The molecule has 112 valence electrons. The quantitative estimate of drug-likeness (QED) is 0.735. The molecule has 1 aliphatic rings. The molecule has 3 nitrogen and oxygen atoms in total. The topological polar surface area (TPSA) is 29.9 Å². The van der Waals surface area contributed by atoms with Gasteiger partial charge in [0.1, 0.15) is 0 Å². The van der Waals surface area contributed by atoms with Crippen molar-refractivity contribution in [2.24, 2.45) is 0 Å². The first-order valence-corrected chi connectivity index (χ1v) is 8.58. The summed E-state index contributed by atoms with van der Waals surface area (Å²) in [5, 5.41) is 4.17. The predicted octanol–water partition coefficient (Wildman–Crippen LogP) is 5.86. The molecular weight excluding hydrogens is 350 g/mol. The summed E-state index contributed by atoms with van der Waals surface area (Å²) in [6.45, 7) is 2.00. The van der Waals surface area contributed by atoms with Crippen LogP contribution in [0.15, 0.2) is 29.0 Å². The summed E-state index contributed by atoms with van der Waals surface area (Å²) in [5.74, 6) is 0.891. The Balaban J connectivity index is 1.85. The second-order valence-corrected chi connectivity index (χ2v) is 6.92. The maximum Gasteiger partial charge on any atom is 0.207 e. The molecule has 5 heteroatoms. The van der Waals surface area contributed by atoms with Crippen LogP contribution < -0.4 is 5.32 Å². The summed E-state index contributed by atoms with van der Waals surface area (Å²) < 4.78 is 3.27. The molecule has 0 saturated heterocycles. The molecule has 21 heavy (non-hydrogen) atoms. The average molecular weight is 369 g/mol. The second-order valence-electron chi connectivity index (χ2n) is 5.66. The minimum atomic E-state index is 0.559. The van der Waals surface area contributed by atoms with Crippen LogP contribution >= 0.6 is 27.5 Å². The molecule has 1 fully saturated rings. The van der Waals surface area contributed by atoms with Crippen molar-refractivity contribution in [3.05, 3.63) is 39.6 Å². The van der Waals surface area contributed by atoms with Crippen LogP contribution in [0, 0.1) is 6.92 Å². The fourth-order valence-corrected chi connectivity index (χ4v) is 3.65. The molecule has 1 heterocycles. The van der Waals surface area contributed by atoms with E-state index in [-0.39, 0.29) is 0 Å². The minimum absolute atomic E-state index is 0.559. The van der Waals surface area contributed by atoms with E-state index in [9.17, 15) is 0 Å². The fourth-order valence-electron chi connectivity index (χ4n) is 2.93. The molecule has 2 aromatic rings. The highest BCUT2D eigenvalue weighted by Gasteiger charge is 2.18. The Labute approximate surface area is 138 Å². The average Bonchev–Trinajstić information content (AvgIpc) is 2.94. The summed E-state index contributed by atoms with van der Waals surface area (Å²) in [7, 11) is 0. The number of aryl methyl sites for hydroxylation is 1. The predicted molar refractivity (Wildman–Crippen MR) is 91.5 cm³/mol. The highest BCUT2D eigenvalue weighted by molar-refractivity contribution is 9.10. The highest BCUT2D eigenvalue weighted by Crippen LogP contribution is 2.34. The van der Waals surface area contributed by atoms with Gasteiger partial charge in [0.05, 0.1) is 5.69 Å². The summed E-state index contributed by atoms with van der Waals surface area (Å²) in [4.78, 5) is 4.47. The Morgan fingerprint density at radius 1 is 1.29 bits per heavy atom. The number of benzene rings is 1. The van der Waals surface area contributed by atoms with Gasteiger partial charge in [-0.25, -0.2) is 4.98 Å². The molecule has 3 rings (SSSR count). The van der Waals surface area contributed by atoms with Crippen LogP contribution in [0.1, 0.15) is 43.7 Å². The second kappa shape index (κ2) is 6.41. The van der Waals surface area contributed by atoms with Gasteiger partial charge in [-0.2, -0.15) is 0 Å². The van der Waals surface area contributed by atoms with Gasteiger partial charge in [0.2, 0.25) is 5.95 Å². The lowest BCUT2D eigenvalue weighted by atomic mass is 9.95. The monoisotopic (exact) mass is 367 g/mol. The summed E-state index contributed by atoms with van der Waals surface area (Å²) in [5.41, 5.74) is 2.01. The maximum atomic E-state index is 6.23. The van der Waals surface area contributed by atoms with Gasteiger partial charge >= 0.3 is 0 Å². The molecule has 0 bridgehead atoms. The van der Waals surface area contributed by atoms with Crippen molar-refractivity contribution >= 4 is 39.2 Å². The van der Waals surface area contributed by atoms with E-state index >= 15 is 0 Å². The zero-order valence-corrected chi connectivity index (χ0v) is 14.4. The van der Waals surface area contributed by atoms with Crippen molar-refractivity contribution in [1.29, 1.82) is 0 Å². The standard InChI is InChI=1S/C16H19BrClN3/c1-11-9-13(17)15(10-14(11)18)20-16-19-7-8-21(16)12-5-3-2-4-6-12/h7-10,12H,2-6H2,1H3,(H,19,20). The molecular formula is C16H19BrClN3. The Kier molecular flexibility index (Phi) is 4.55. The van der Waals surface area contributed by atoms with E-state index in [1.807, 2.05) is 25.3 Å². The molecule has 1 aliphatic carbocycles. The molecule has 0 radical (unpaired) electrons. The molecule has 1 N–H and O–H groups in total. The van der Waals surface area contributed by atoms with Gasteiger partial charge in [-0.05, 0) is 53.4 Å². The number of nitrogens with one attached hydrogen (secondary N) is 1. The zero-order valence-electron chi connectivity index (χ0n) is 12.1. The third-order valence-corrected chi connectivity index (χ3v) is 5.19. The lowest BCUT2D eigenvalue weighted by Crippen LogP contribution is -2.14. The van der Waals surface area contributed by atoms with E-state index < -0.39 is 0 Å². The third-order valence-electron chi connectivity index (χ3n) is 4.13. The number of nitrogens with zero attached hydrogens (tertiary/aromatic N) is 2. The van der Waals surface area contributed by atoms with Crippen molar-refractivity contribution in [1.82, 2.24) is 9.55 Å². The van der Waals surface area contributed by atoms with Gasteiger partial charge in [0.25, 0.3) is 0 Å². The number of rotatable bonds is 3. The van der Waals surface area contributed by atoms with Gasteiger partial charge in [-0.3, -0.25) is 0 Å². The first-order chi connectivity index (χ1) is 10.1. The van der Waals surface area contributed by atoms with Crippen molar-refractivity contribution in [2.45, 2.75) is 45.1 Å². The fraction of sp³-hybridized carbons (Fsp3) is 0.438. The van der Waals surface area contributed by atoms with Gasteiger partial charge < -0.3 is 9.88 Å². The number of halogens is 2. The van der Waals surface area contributed by atoms with Crippen LogP contribution in [-0.4, -0.2) is 9.55 Å². The van der Waals surface area contributed by atoms with E-state index in [0.29, 0.717) is 6.04 Å². The summed E-state index contributed by atoms with van der Waals surface area (Å²) >= 11 is 9.82. The number of hydrogen-bond acceptors (Lipinski definition) is 2. The zero-order chi connectivity index (χ0) is 14.8. The Bertz CT molecular complexity index is 632. The lowest BCUT2D eigenvalue weighted by molar-refractivity contribution is 0.356.